The summed E-state index contributed by atoms with van der Waals surface area (Å²) in [5.74, 6) is -8.48. The predicted molar refractivity (Wildman–Crippen MR) is 168 cm³/mol. The number of alkyl halides is 6. The second-order valence-corrected chi connectivity index (χ2v) is 10.7. The van der Waals surface area contributed by atoms with Crippen molar-refractivity contribution in [2.75, 3.05) is 6.54 Å². The van der Waals surface area contributed by atoms with Crippen molar-refractivity contribution in [2.45, 2.75) is 37.8 Å². The lowest BCUT2D eigenvalue weighted by Crippen LogP contribution is -2.69. The van der Waals surface area contributed by atoms with Crippen molar-refractivity contribution < 1.29 is 89.6 Å². The molecule has 22 heteroatoms. The molecule has 0 saturated carbocycles. The van der Waals surface area contributed by atoms with Gasteiger partial charge in [0.05, 0.1) is 5.39 Å². The van der Waals surface area contributed by atoms with Crippen LogP contribution in [0.2, 0.25) is 0 Å². The first-order chi connectivity index (χ1) is 25.5. The number of phenols is 1. The number of halogens is 7. The van der Waals surface area contributed by atoms with Crippen molar-refractivity contribution in [1.29, 1.82) is 0 Å². The minimum atomic E-state index is -5.19. The Labute approximate surface area is 303 Å². The highest BCUT2D eigenvalue weighted by Gasteiger charge is 2.38. The number of quaternary nitrogens is 1. The molecule has 1 aromatic heterocycles. The first-order valence-electron chi connectivity index (χ1n) is 15.0. The van der Waals surface area contributed by atoms with Gasteiger partial charge in [-0.1, -0.05) is 24.3 Å². The summed E-state index contributed by atoms with van der Waals surface area (Å²) in [6.45, 7) is 0.971. The number of rotatable bonds is 10. The number of nitrogens with one attached hydrogen (secondary N) is 2. The fourth-order valence-corrected chi connectivity index (χ4v) is 3.76. The van der Waals surface area contributed by atoms with Crippen LogP contribution in [0.4, 0.5) is 30.7 Å². The van der Waals surface area contributed by atoms with Gasteiger partial charge in [-0.15, -0.1) is 0 Å². The first-order valence-corrected chi connectivity index (χ1v) is 15.0. The minimum Gasteiger partial charge on any atom is -0.542 e. The van der Waals surface area contributed by atoms with Gasteiger partial charge in [-0.25, -0.2) is 14.0 Å². The summed E-state index contributed by atoms with van der Waals surface area (Å²) in [5.41, 5.74) is 4.15. The van der Waals surface area contributed by atoms with Crippen LogP contribution in [0, 0.1) is 5.82 Å². The molecule has 0 spiro atoms. The smallest absolute Gasteiger partial charge is 0.490 e. The van der Waals surface area contributed by atoms with E-state index in [-0.39, 0.29) is 34.0 Å². The predicted octanol–water partition coefficient (Wildman–Crippen LogP) is 1.74. The highest BCUT2D eigenvalue weighted by molar-refractivity contribution is 5.91. The van der Waals surface area contributed by atoms with Crippen molar-refractivity contribution in [1.82, 2.24) is 10.6 Å². The Kier molecular flexibility index (Phi) is 15.7. The largest absolute Gasteiger partial charge is 0.542 e. The molecule has 0 aliphatic carbocycles. The summed E-state index contributed by atoms with van der Waals surface area (Å²) in [5, 5.41) is 30.3. The molecular formula is C33H28F7N3O12. The van der Waals surface area contributed by atoms with Gasteiger partial charge in [0, 0.05) is 12.5 Å². The second-order valence-electron chi connectivity index (χ2n) is 10.7. The van der Waals surface area contributed by atoms with E-state index >= 15 is 0 Å². The number of para-hydroxylation sites is 1. The van der Waals surface area contributed by atoms with Crippen molar-refractivity contribution in [2.24, 2.45) is 0 Å². The maximum absolute atomic E-state index is 13.9. The molecule has 0 aliphatic heterocycles. The average molecular weight is 792 g/mol. The second kappa shape index (κ2) is 19.4. The number of amides is 2. The quantitative estimate of drug-likeness (QED) is 0.0876. The Bertz CT molecular complexity index is 2030. The third-order valence-corrected chi connectivity index (χ3v) is 6.42. The van der Waals surface area contributed by atoms with Gasteiger partial charge in [0.2, 0.25) is 17.1 Å². The van der Waals surface area contributed by atoms with Gasteiger partial charge in [0.15, 0.2) is 17.6 Å². The maximum atomic E-state index is 13.9. The lowest BCUT2D eigenvalue weighted by Gasteiger charge is -2.16. The van der Waals surface area contributed by atoms with Crippen LogP contribution in [-0.4, -0.2) is 70.9 Å². The number of ether oxygens (including phenoxy) is 2. The summed E-state index contributed by atoms with van der Waals surface area (Å²) in [4.78, 5) is 67.5. The van der Waals surface area contributed by atoms with E-state index in [1.165, 1.54) is 55.5 Å². The van der Waals surface area contributed by atoms with Gasteiger partial charge < -0.3 is 50.4 Å². The zero-order chi connectivity index (χ0) is 41.7. The summed E-state index contributed by atoms with van der Waals surface area (Å²) in [6.07, 6.45) is -8.95. The number of carbonyl (C=O) groups excluding carboxylic acids is 4. The van der Waals surface area contributed by atoms with E-state index in [0.29, 0.717) is 6.42 Å². The van der Waals surface area contributed by atoms with E-state index in [4.69, 9.17) is 33.7 Å². The first kappa shape index (κ1) is 44.5. The molecule has 0 unspecified atom stereocenters. The van der Waals surface area contributed by atoms with E-state index < -0.39 is 71.9 Å². The van der Waals surface area contributed by atoms with E-state index in [2.05, 4.69) is 16.4 Å². The van der Waals surface area contributed by atoms with Crippen LogP contribution >= 0.6 is 0 Å². The average Bonchev–Trinajstić information content (AvgIpc) is 3.10. The summed E-state index contributed by atoms with van der Waals surface area (Å²) in [7, 11) is 0. The lowest BCUT2D eigenvalue weighted by molar-refractivity contribution is -0.403. The normalized spacial score (nSPS) is 12.0. The van der Waals surface area contributed by atoms with Crippen molar-refractivity contribution >= 4 is 40.7 Å². The number of phenolic OH excluding ortho intramolecular Hbond substituents is 1. The fraction of sp³-hybridized carbons (Fsp3) is 0.212. The van der Waals surface area contributed by atoms with Gasteiger partial charge in [-0.05, 0) is 48.9 Å². The van der Waals surface area contributed by atoms with Crippen LogP contribution < -0.4 is 36.4 Å². The number of aromatic hydroxyl groups is 1. The molecule has 3 aromatic carbocycles. The van der Waals surface area contributed by atoms with Crippen molar-refractivity contribution in [3.05, 3.63) is 94.6 Å². The van der Waals surface area contributed by atoms with Crippen molar-refractivity contribution in [3.63, 3.8) is 0 Å². The molecule has 0 fully saturated rings. The molecule has 1 heterocycles. The number of hydrogen-bond donors (Lipinski definition) is 5. The minimum absolute atomic E-state index is 0.0538. The number of benzene rings is 3. The molecule has 4 aromatic rings. The van der Waals surface area contributed by atoms with E-state index in [9.17, 15) is 55.0 Å². The Morgan fingerprint density at radius 3 is 2.04 bits per heavy atom. The number of carbonyl (C=O) groups is 5. The topological polar surface area (TPSA) is 249 Å². The summed E-state index contributed by atoms with van der Waals surface area (Å²) < 4.78 is 93.1. The van der Waals surface area contributed by atoms with Crippen LogP contribution in [0.1, 0.15) is 12.5 Å². The van der Waals surface area contributed by atoms with Crippen LogP contribution in [0.3, 0.4) is 0 Å². The summed E-state index contributed by atoms with van der Waals surface area (Å²) in [6, 6.07) is 14.4. The molecule has 2 atom stereocenters. The molecule has 0 radical (unpaired) electrons. The zero-order valence-electron chi connectivity index (χ0n) is 27.8. The number of esters is 1. The van der Waals surface area contributed by atoms with Gasteiger partial charge in [-0.2, -0.15) is 26.3 Å². The zero-order valence-corrected chi connectivity index (χ0v) is 27.8. The number of fused-ring (bicyclic) bond motifs is 1. The molecule has 7 N–H and O–H groups in total. The van der Waals surface area contributed by atoms with Gasteiger partial charge in [0.25, 0.3) is 5.91 Å². The van der Waals surface area contributed by atoms with E-state index in [1.807, 2.05) is 0 Å². The summed E-state index contributed by atoms with van der Waals surface area (Å²) >= 11 is 0. The highest BCUT2D eigenvalue weighted by Crippen LogP contribution is 2.25. The molecule has 2 amide bonds. The Balaban J connectivity index is 0.000000633. The number of aliphatic carboxylic acids is 2. The molecule has 55 heavy (non-hydrogen) atoms. The Hall–Kier alpha value is -6.71. The molecule has 15 nitrogen and oxygen atoms in total. The molecule has 0 bridgehead atoms. The molecule has 0 saturated heterocycles. The van der Waals surface area contributed by atoms with Gasteiger partial charge in [0.1, 0.15) is 41.9 Å². The molecule has 0 aliphatic rings. The monoisotopic (exact) mass is 791 g/mol. The Morgan fingerprint density at radius 2 is 1.49 bits per heavy atom. The number of hydrogen-bond acceptors (Lipinski definition) is 11. The number of carboxylic acid groups (broad SMARTS) is 2. The standard InChI is InChI=1S/C29H26FN3O8.2C2HF3O2/c1-16(33-29(38)22(31)12-17-6-8-18(34)9-7-17)28(37)32-14-26(35)40-19-10-11-20-24(13-19)39-15-25(27(20)36)41-23-5-3-2-4-21(23)30;2*3-2(4,5)1(6)7/h2-11,13,15-16,22,34H,12,14,31H2,1H3,(H,32,37)(H,33,38);2*(H,6,7)/t16-,22+;;/m0../s1. The highest BCUT2D eigenvalue weighted by atomic mass is 19.4. The van der Waals surface area contributed by atoms with Crippen LogP contribution in [0.15, 0.2) is 82.2 Å². The molecule has 296 valence electrons. The van der Waals surface area contributed by atoms with E-state index in [1.54, 1.807) is 18.2 Å². The Morgan fingerprint density at radius 1 is 0.909 bits per heavy atom. The molecule has 4 rings (SSSR count). The van der Waals surface area contributed by atoms with Gasteiger partial charge >= 0.3 is 24.3 Å². The van der Waals surface area contributed by atoms with Gasteiger partial charge in [-0.3, -0.25) is 14.4 Å². The van der Waals surface area contributed by atoms with Crippen LogP contribution in [0.25, 0.3) is 11.0 Å². The maximum Gasteiger partial charge on any atom is 0.490 e. The van der Waals surface area contributed by atoms with Crippen LogP contribution in [0.5, 0.6) is 23.0 Å². The third-order valence-electron chi connectivity index (χ3n) is 6.42. The number of carboxylic acids is 2. The van der Waals surface area contributed by atoms with Crippen molar-refractivity contribution in [3.8, 4) is 23.0 Å². The SMILES string of the molecule is C[C@H](NC(=O)[C@H]([NH3+])Cc1ccc(O)cc1)C(=O)NCC(=O)Oc1ccc2c(=O)c(Oc3ccccc3F)coc2c1.O=C(O)C(F)(F)F.O=C([O-])C(F)(F)F. The fourth-order valence-electron chi connectivity index (χ4n) is 3.76. The molecular weight excluding hydrogens is 763 g/mol. The van der Waals surface area contributed by atoms with Crippen LogP contribution in [-0.2, 0) is 30.4 Å². The third kappa shape index (κ3) is 14.7. The van der Waals surface area contributed by atoms with E-state index in [0.717, 1.165) is 11.8 Å². The lowest BCUT2D eigenvalue weighted by atomic mass is 10.1.